The summed E-state index contributed by atoms with van der Waals surface area (Å²) in [5, 5.41) is 10.7. The van der Waals surface area contributed by atoms with Gasteiger partial charge in [0, 0.05) is 16.7 Å². The highest BCUT2D eigenvalue weighted by atomic mass is 127. The van der Waals surface area contributed by atoms with E-state index in [-0.39, 0.29) is 10.6 Å². The van der Waals surface area contributed by atoms with Crippen molar-refractivity contribution in [1.82, 2.24) is 0 Å². The van der Waals surface area contributed by atoms with Crippen LogP contribution in [-0.4, -0.2) is 13.3 Å². The van der Waals surface area contributed by atoms with Crippen molar-refractivity contribution < 1.29 is 13.3 Å². The van der Waals surface area contributed by atoms with E-state index in [1.54, 1.807) is 6.92 Å². The van der Waals surface area contributed by atoms with Crippen molar-refractivity contribution in [1.29, 1.82) is 0 Å². The van der Waals surface area contributed by atoms with Gasteiger partial charge in [0.15, 0.2) is 0 Å². The number of hydrogen-bond donors (Lipinski definition) is 0. The molecule has 0 bridgehead atoms. The van der Waals surface area contributed by atoms with E-state index in [2.05, 4.69) is 0 Å². The summed E-state index contributed by atoms with van der Waals surface area (Å²) in [5.41, 5.74) is 0.355. The van der Waals surface area contributed by atoms with Crippen LogP contribution >= 0.6 is 33.3 Å². The van der Waals surface area contributed by atoms with Gasteiger partial charge in [0.1, 0.15) is 0 Å². The maximum atomic E-state index is 11.1. The second-order valence-electron chi connectivity index (χ2n) is 2.96. The number of halogens is 2. The Kier molecular flexibility index (Phi) is 4.13. The lowest BCUT2D eigenvalue weighted by Gasteiger charge is -2.04. The molecule has 0 aliphatic heterocycles. The molecule has 0 atom stereocenters. The summed E-state index contributed by atoms with van der Waals surface area (Å²) in [6, 6.07) is 2.33. The molecule has 1 aromatic carbocycles. The third kappa shape index (κ3) is 2.83. The Labute approximate surface area is 111 Å². The third-order valence-corrected chi connectivity index (χ3v) is 4.54. The molecule has 88 valence electrons. The molecule has 0 radical (unpaired) electrons. The summed E-state index contributed by atoms with van der Waals surface area (Å²) in [5.74, 6) is 0. The standard InChI is InChI=1S/C8H7ClINO4S/c1-2-5-3-6(16(9,14)15)4-7(8(5)10)11(12)13/h3-4H,2H2,1H3. The van der Waals surface area contributed by atoms with Crippen LogP contribution < -0.4 is 0 Å². The molecular formula is C8H7ClINO4S. The molecule has 0 N–H and O–H groups in total. The first-order chi connectivity index (χ1) is 7.27. The molecule has 16 heavy (non-hydrogen) atoms. The minimum atomic E-state index is -3.94. The molecule has 0 aliphatic carbocycles. The smallest absolute Gasteiger partial charge is 0.258 e. The second-order valence-corrected chi connectivity index (χ2v) is 6.61. The van der Waals surface area contributed by atoms with E-state index in [0.29, 0.717) is 15.6 Å². The van der Waals surface area contributed by atoms with Crippen LogP contribution in [0.25, 0.3) is 0 Å². The number of hydrogen-bond acceptors (Lipinski definition) is 4. The molecule has 0 aromatic heterocycles. The van der Waals surface area contributed by atoms with Crippen molar-refractivity contribution in [2.45, 2.75) is 18.2 Å². The van der Waals surface area contributed by atoms with Gasteiger partial charge in [-0.2, -0.15) is 0 Å². The summed E-state index contributed by atoms with van der Waals surface area (Å²) in [7, 11) is 1.22. The van der Waals surface area contributed by atoms with Crippen molar-refractivity contribution >= 4 is 48.0 Å². The van der Waals surface area contributed by atoms with E-state index < -0.39 is 14.0 Å². The van der Waals surface area contributed by atoms with Gasteiger partial charge in [0.05, 0.1) is 13.4 Å². The van der Waals surface area contributed by atoms with Crippen LogP contribution in [-0.2, 0) is 15.5 Å². The second kappa shape index (κ2) is 4.84. The highest BCUT2D eigenvalue weighted by Crippen LogP contribution is 2.30. The fourth-order valence-corrected chi connectivity index (χ4v) is 2.86. The fraction of sp³-hybridized carbons (Fsp3) is 0.250. The molecule has 0 amide bonds. The first-order valence-electron chi connectivity index (χ1n) is 4.18. The van der Waals surface area contributed by atoms with Gasteiger partial charge in [-0.3, -0.25) is 10.1 Å². The van der Waals surface area contributed by atoms with Crippen molar-refractivity contribution in [2.24, 2.45) is 0 Å². The van der Waals surface area contributed by atoms with E-state index in [1.165, 1.54) is 6.07 Å². The molecule has 0 fully saturated rings. The van der Waals surface area contributed by atoms with E-state index >= 15 is 0 Å². The van der Waals surface area contributed by atoms with E-state index in [0.717, 1.165) is 6.07 Å². The van der Waals surface area contributed by atoms with Crippen LogP contribution in [0, 0.1) is 13.7 Å². The van der Waals surface area contributed by atoms with Crippen LogP contribution in [0.5, 0.6) is 0 Å². The molecule has 0 aliphatic rings. The average molecular weight is 376 g/mol. The summed E-state index contributed by atoms with van der Waals surface area (Å²) in [6.45, 7) is 1.78. The van der Waals surface area contributed by atoms with E-state index in [9.17, 15) is 18.5 Å². The van der Waals surface area contributed by atoms with Crippen LogP contribution in [0.2, 0.25) is 0 Å². The monoisotopic (exact) mass is 375 g/mol. The van der Waals surface area contributed by atoms with Gasteiger partial charge in [-0.25, -0.2) is 8.42 Å². The summed E-state index contributed by atoms with van der Waals surface area (Å²) < 4.78 is 22.7. The molecule has 8 heteroatoms. The Morgan fingerprint density at radius 2 is 2.06 bits per heavy atom. The molecular weight excluding hydrogens is 369 g/mol. The van der Waals surface area contributed by atoms with Gasteiger partial charge in [0.25, 0.3) is 14.7 Å². The van der Waals surface area contributed by atoms with Gasteiger partial charge in [-0.15, -0.1) is 0 Å². The fourth-order valence-electron chi connectivity index (χ4n) is 1.17. The quantitative estimate of drug-likeness (QED) is 0.352. The Hall–Kier alpha value is -0.410. The van der Waals surface area contributed by atoms with Gasteiger partial charge in [-0.05, 0) is 40.6 Å². The molecule has 0 saturated heterocycles. The number of nitro groups is 1. The molecule has 1 rings (SSSR count). The molecule has 0 unspecified atom stereocenters. The average Bonchev–Trinajstić information content (AvgIpc) is 2.15. The summed E-state index contributed by atoms with van der Waals surface area (Å²) >= 11 is 1.82. The van der Waals surface area contributed by atoms with Gasteiger partial charge >= 0.3 is 0 Å². The minimum absolute atomic E-state index is 0.237. The lowest BCUT2D eigenvalue weighted by molar-refractivity contribution is -0.386. The van der Waals surface area contributed by atoms with Gasteiger partial charge < -0.3 is 0 Å². The largest absolute Gasteiger partial charge is 0.284 e. The van der Waals surface area contributed by atoms with Gasteiger partial charge in [-0.1, -0.05) is 6.92 Å². The normalized spacial score (nSPS) is 11.4. The van der Waals surface area contributed by atoms with Crippen molar-refractivity contribution in [2.75, 3.05) is 0 Å². The van der Waals surface area contributed by atoms with E-state index in [4.69, 9.17) is 10.7 Å². The first-order valence-corrected chi connectivity index (χ1v) is 7.57. The first kappa shape index (κ1) is 13.7. The Morgan fingerprint density at radius 1 is 1.50 bits per heavy atom. The lowest BCUT2D eigenvalue weighted by Crippen LogP contribution is -2.00. The van der Waals surface area contributed by atoms with Crippen LogP contribution in [0.15, 0.2) is 17.0 Å². The molecule has 1 aromatic rings. The lowest BCUT2D eigenvalue weighted by atomic mass is 10.1. The SMILES string of the molecule is CCc1cc(S(=O)(=O)Cl)cc([N+](=O)[O-])c1I. The number of aryl methyl sites for hydroxylation is 1. The molecule has 0 saturated carbocycles. The number of nitro benzene ring substituents is 1. The molecule has 0 heterocycles. The topological polar surface area (TPSA) is 77.3 Å². The zero-order chi connectivity index (χ0) is 12.5. The third-order valence-electron chi connectivity index (χ3n) is 1.96. The summed E-state index contributed by atoms with van der Waals surface area (Å²) in [6.07, 6.45) is 0.499. The molecule has 5 nitrogen and oxygen atoms in total. The van der Waals surface area contributed by atoms with Crippen molar-refractivity contribution in [3.63, 3.8) is 0 Å². The van der Waals surface area contributed by atoms with Crippen molar-refractivity contribution in [3.05, 3.63) is 31.4 Å². The number of rotatable bonds is 3. The van der Waals surface area contributed by atoms with Gasteiger partial charge in [0.2, 0.25) is 0 Å². The van der Waals surface area contributed by atoms with E-state index in [1.807, 2.05) is 22.6 Å². The van der Waals surface area contributed by atoms with Crippen LogP contribution in [0.3, 0.4) is 0 Å². The Bertz CT molecular complexity index is 543. The molecule has 0 spiro atoms. The Balaban J connectivity index is 3.59. The highest BCUT2D eigenvalue weighted by Gasteiger charge is 2.21. The zero-order valence-electron chi connectivity index (χ0n) is 8.11. The Morgan fingerprint density at radius 3 is 2.44 bits per heavy atom. The highest BCUT2D eigenvalue weighted by molar-refractivity contribution is 14.1. The van der Waals surface area contributed by atoms with Crippen LogP contribution in [0.4, 0.5) is 5.69 Å². The zero-order valence-corrected chi connectivity index (χ0v) is 11.8. The summed E-state index contributed by atoms with van der Waals surface area (Å²) in [4.78, 5) is 9.88. The van der Waals surface area contributed by atoms with Crippen molar-refractivity contribution in [3.8, 4) is 0 Å². The number of nitrogens with zero attached hydrogens (tertiary/aromatic N) is 1. The van der Waals surface area contributed by atoms with Crippen LogP contribution in [0.1, 0.15) is 12.5 Å². The predicted molar refractivity (Wildman–Crippen MR) is 68.2 cm³/mol. The predicted octanol–water partition coefficient (Wildman–Crippen LogP) is 2.69. The number of benzene rings is 1. The maximum absolute atomic E-state index is 11.1. The maximum Gasteiger partial charge on any atom is 0.284 e. The minimum Gasteiger partial charge on any atom is -0.258 e.